The fourth-order valence-electron chi connectivity index (χ4n) is 1.47. The molecule has 5 nitrogen and oxygen atoms in total. The second-order valence-electron chi connectivity index (χ2n) is 5.74. The number of carbonyl (C=O) groups is 1. The zero-order chi connectivity index (χ0) is 15.6. The summed E-state index contributed by atoms with van der Waals surface area (Å²) in [4.78, 5) is 13.0. The van der Waals surface area contributed by atoms with Crippen molar-refractivity contribution < 1.29 is 17.9 Å². The molecule has 0 fully saturated rings. The van der Waals surface area contributed by atoms with E-state index in [1.54, 1.807) is 32.9 Å². The number of amides is 1. The Bertz CT molecular complexity index is 570. The summed E-state index contributed by atoms with van der Waals surface area (Å²) >= 11 is 0. The molecule has 0 N–H and O–H groups in total. The van der Waals surface area contributed by atoms with Gasteiger partial charge in [-0.05, 0) is 39.8 Å². The highest BCUT2D eigenvalue weighted by Gasteiger charge is 2.24. The first-order valence-electron chi connectivity index (χ1n) is 6.25. The monoisotopic (exact) mass is 299 g/mol. The Kier molecular flexibility index (Phi) is 4.81. The Morgan fingerprint density at radius 2 is 1.70 bits per heavy atom. The third-order valence-electron chi connectivity index (χ3n) is 2.45. The number of hydrogen-bond donors (Lipinski definition) is 0. The summed E-state index contributed by atoms with van der Waals surface area (Å²) in [5.41, 5.74) is 0.323. The molecule has 6 heteroatoms. The summed E-state index contributed by atoms with van der Waals surface area (Å²) in [5.74, 6) is -0.412. The molecule has 0 radical (unpaired) electrons. The Morgan fingerprint density at radius 1 is 1.20 bits per heavy atom. The molecule has 0 aliphatic carbocycles. The van der Waals surface area contributed by atoms with Crippen LogP contribution < -0.4 is 0 Å². The first-order chi connectivity index (χ1) is 9.01. The largest absolute Gasteiger partial charge is 0.444 e. The number of carbonyl (C=O) groups excluding carboxylic acids is 1. The van der Waals surface area contributed by atoms with E-state index < -0.39 is 27.4 Å². The lowest BCUT2D eigenvalue weighted by molar-refractivity contribution is 0.0327. The van der Waals surface area contributed by atoms with E-state index in [0.717, 1.165) is 10.5 Å². The molecule has 0 aliphatic heterocycles. The number of hydrogen-bond acceptors (Lipinski definition) is 4. The van der Waals surface area contributed by atoms with E-state index in [2.05, 4.69) is 0 Å². The molecule has 0 saturated carbocycles. The Labute approximate surface area is 120 Å². The summed E-state index contributed by atoms with van der Waals surface area (Å²) in [6.45, 7) is 7.07. The highest BCUT2D eigenvalue weighted by Crippen LogP contribution is 2.15. The van der Waals surface area contributed by atoms with Gasteiger partial charge in [0.1, 0.15) is 11.5 Å². The molecule has 0 heterocycles. The molecule has 1 aromatic rings. The minimum Gasteiger partial charge on any atom is -0.444 e. The highest BCUT2D eigenvalue weighted by molar-refractivity contribution is 7.91. The van der Waals surface area contributed by atoms with Gasteiger partial charge in [-0.15, -0.1) is 0 Å². The van der Waals surface area contributed by atoms with Gasteiger partial charge < -0.3 is 4.74 Å². The molecule has 20 heavy (non-hydrogen) atoms. The van der Waals surface area contributed by atoms with Crippen LogP contribution in [-0.4, -0.2) is 37.9 Å². The van der Waals surface area contributed by atoms with Crippen molar-refractivity contribution in [2.45, 2.75) is 38.2 Å². The average molecular weight is 299 g/mol. The van der Waals surface area contributed by atoms with E-state index in [1.165, 1.54) is 19.2 Å². The van der Waals surface area contributed by atoms with Gasteiger partial charge >= 0.3 is 6.09 Å². The number of sulfone groups is 1. The van der Waals surface area contributed by atoms with Crippen LogP contribution in [0.5, 0.6) is 0 Å². The summed E-state index contributed by atoms with van der Waals surface area (Å²) in [7, 11) is -2.15. The Morgan fingerprint density at radius 3 is 2.15 bits per heavy atom. The van der Waals surface area contributed by atoms with E-state index in [9.17, 15) is 13.2 Å². The van der Waals surface area contributed by atoms with Crippen molar-refractivity contribution in [1.29, 1.82) is 0 Å². The first-order valence-corrected chi connectivity index (χ1v) is 7.90. The molecule has 0 spiro atoms. The minimum atomic E-state index is -3.55. The van der Waals surface area contributed by atoms with Crippen molar-refractivity contribution in [1.82, 2.24) is 4.90 Å². The van der Waals surface area contributed by atoms with Crippen LogP contribution >= 0.6 is 0 Å². The van der Waals surface area contributed by atoms with Crippen LogP contribution in [0, 0.1) is 6.92 Å². The van der Waals surface area contributed by atoms with Gasteiger partial charge in [-0.2, -0.15) is 0 Å². The van der Waals surface area contributed by atoms with Crippen LogP contribution in [0.25, 0.3) is 0 Å². The molecule has 0 saturated heterocycles. The zero-order valence-corrected chi connectivity index (χ0v) is 13.3. The fraction of sp³-hybridized carbons (Fsp3) is 0.500. The predicted molar refractivity (Wildman–Crippen MR) is 77.2 cm³/mol. The SMILES string of the molecule is Cc1ccc(S(=O)(=O)CN(C)C(=O)OC(C)(C)C)cc1. The van der Waals surface area contributed by atoms with Crippen molar-refractivity contribution in [2.24, 2.45) is 0 Å². The van der Waals surface area contributed by atoms with E-state index in [4.69, 9.17) is 4.74 Å². The molecule has 0 aliphatic rings. The number of ether oxygens (including phenoxy) is 1. The second kappa shape index (κ2) is 5.83. The molecular weight excluding hydrogens is 278 g/mol. The molecule has 0 bridgehead atoms. The maximum absolute atomic E-state index is 12.2. The van der Waals surface area contributed by atoms with Crippen molar-refractivity contribution >= 4 is 15.9 Å². The topological polar surface area (TPSA) is 63.7 Å². The lowest BCUT2D eigenvalue weighted by atomic mass is 10.2. The van der Waals surface area contributed by atoms with Gasteiger partial charge in [0.05, 0.1) is 4.90 Å². The first kappa shape index (κ1) is 16.5. The number of rotatable bonds is 3. The van der Waals surface area contributed by atoms with Gasteiger partial charge in [0.15, 0.2) is 9.84 Å². The smallest absolute Gasteiger partial charge is 0.410 e. The van der Waals surface area contributed by atoms with Crippen molar-refractivity contribution in [2.75, 3.05) is 12.9 Å². The highest BCUT2D eigenvalue weighted by atomic mass is 32.2. The lowest BCUT2D eigenvalue weighted by Gasteiger charge is -2.24. The molecule has 0 aromatic heterocycles. The summed E-state index contributed by atoms with van der Waals surface area (Å²) in [6, 6.07) is 6.52. The summed E-state index contributed by atoms with van der Waals surface area (Å²) in [6.07, 6.45) is -0.659. The van der Waals surface area contributed by atoms with Crippen LogP contribution in [0.4, 0.5) is 4.79 Å². The Balaban J connectivity index is 2.81. The van der Waals surface area contributed by atoms with Crippen LogP contribution in [-0.2, 0) is 14.6 Å². The third kappa shape index (κ3) is 4.85. The normalized spacial score (nSPS) is 12.1. The standard InChI is InChI=1S/C14H21NO4S/c1-11-6-8-12(9-7-11)20(17,18)10-15(5)13(16)19-14(2,3)4/h6-9H,10H2,1-5H3. The molecule has 1 aromatic carbocycles. The maximum Gasteiger partial charge on any atom is 0.410 e. The third-order valence-corrected chi connectivity index (χ3v) is 4.17. The van der Waals surface area contributed by atoms with Gasteiger partial charge in [-0.25, -0.2) is 13.2 Å². The van der Waals surface area contributed by atoms with Crippen molar-refractivity contribution in [3.8, 4) is 0 Å². The second-order valence-corrected chi connectivity index (χ2v) is 7.69. The maximum atomic E-state index is 12.2. The summed E-state index contributed by atoms with van der Waals surface area (Å²) < 4.78 is 29.5. The minimum absolute atomic E-state index is 0.193. The fourth-order valence-corrected chi connectivity index (χ4v) is 2.78. The van der Waals surface area contributed by atoms with Gasteiger partial charge in [0.2, 0.25) is 0 Å². The number of aryl methyl sites for hydroxylation is 1. The van der Waals surface area contributed by atoms with Gasteiger partial charge in [-0.1, -0.05) is 17.7 Å². The lowest BCUT2D eigenvalue weighted by Crippen LogP contribution is -2.37. The van der Waals surface area contributed by atoms with Crippen LogP contribution in [0.2, 0.25) is 0 Å². The van der Waals surface area contributed by atoms with E-state index in [0.29, 0.717) is 0 Å². The molecule has 1 amide bonds. The van der Waals surface area contributed by atoms with Crippen LogP contribution in [0.15, 0.2) is 29.2 Å². The molecule has 112 valence electrons. The molecular formula is C14H21NO4S. The molecule has 0 atom stereocenters. The van der Waals surface area contributed by atoms with Crippen LogP contribution in [0.3, 0.4) is 0 Å². The van der Waals surface area contributed by atoms with Gasteiger partial charge in [0.25, 0.3) is 0 Å². The Hall–Kier alpha value is -1.56. The number of nitrogens with zero attached hydrogens (tertiary/aromatic N) is 1. The quantitative estimate of drug-likeness (QED) is 0.860. The molecule has 1 rings (SSSR count). The number of benzene rings is 1. The van der Waals surface area contributed by atoms with E-state index >= 15 is 0 Å². The predicted octanol–water partition coefficient (Wildman–Crippen LogP) is 2.59. The van der Waals surface area contributed by atoms with Crippen LogP contribution in [0.1, 0.15) is 26.3 Å². The average Bonchev–Trinajstić information content (AvgIpc) is 2.26. The summed E-state index contributed by atoms with van der Waals surface area (Å²) in [5, 5.41) is 0. The van der Waals surface area contributed by atoms with Crippen molar-refractivity contribution in [3.63, 3.8) is 0 Å². The van der Waals surface area contributed by atoms with Crippen molar-refractivity contribution in [3.05, 3.63) is 29.8 Å². The van der Waals surface area contributed by atoms with Gasteiger partial charge in [0, 0.05) is 7.05 Å². The van der Waals surface area contributed by atoms with E-state index in [1.807, 2.05) is 6.92 Å². The van der Waals surface area contributed by atoms with Gasteiger partial charge in [-0.3, -0.25) is 4.90 Å². The van der Waals surface area contributed by atoms with E-state index in [-0.39, 0.29) is 4.90 Å². The molecule has 0 unspecified atom stereocenters. The zero-order valence-electron chi connectivity index (χ0n) is 12.5.